The second-order valence-electron chi connectivity index (χ2n) is 9.78. The predicted octanol–water partition coefficient (Wildman–Crippen LogP) is 3.41. The third-order valence-electron chi connectivity index (χ3n) is 7.23. The van der Waals surface area contributed by atoms with E-state index in [2.05, 4.69) is 27.4 Å². The summed E-state index contributed by atoms with van der Waals surface area (Å²) in [5, 5.41) is 7.31. The number of hydrogen-bond donors (Lipinski definition) is 1. The average molecular weight is 448 g/mol. The maximum Gasteiger partial charge on any atom is 0.227 e. The summed E-state index contributed by atoms with van der Waals surface area (Å²) < 4.78 is 5.48. The third-order valence-corrected chi connectivity index (χ3v) is 7.23. The van der Waals surface area contributed by atoms with Gasteiger partial charge < -0.3 is 19.6 Å². The second kappa shape index (κ2) is 11.8. The molecule has 2 aliphatic carbocycles. The Morgan fingerprint density at radius 1 is 1.03 bits per heavy atom. The largest absolute Gasteiger partial charge is 0.344 e. The van der Waals surface area contributed by atoms with Gasteiger partial charge in [-0.3, -0.25) is 9.59 Å². The van der Waals surface area contributed by atoms with Crippen molar-refractivity contribution in [2.24, 2.45) is 0 Å². The Kier molecular flexibility index (Phi) is 9.08. The van der Waals surface area contributed by atoms with Crippen LogP contribution in [0.3, 0.4) is 0 Å². The van der Waals surface area contributed by atoms with Crippen molar-refractivity contribution < 1.29 is 14.1 Å². The van der Waals surface area contributed by atoms with E-state index in [1.165, 1.54) is 39.0 Å². The van der Waals surface area contributed by atoms with Crippen LogP contribution < -0.4 is 5.32 Å². The molecule has 1 N–H and O–H groups in total. The van der Waals surface area contributed by atoms with Gasteiger partial charge in [-0.1, -0.05) is 50.1 Å². The van der Waals surface area contributed by atoms with Crippen LogP contribution in [0.5, 0.6) is 0 Å². The van der Waals surface area contributed by atoms with Gasteiger partial charge >= 0.3 is 0 Å². The summed E-state index contributed by atoms with van der Waals surface area (Å²) in [6.45, 7) is 3.16. The smallest absolute Gasteiger partial charge is 0.227 e. The molecule has 0 saturated heterocycles. The molecule has 2 saturated carbocycles. The van der Waals surface area contributed by atoms with Gasteiger partial charge in [-0.2, -0.15) is 4.98 Å². The molecule has 0 atom stereocenters. The molecular weight excluding hydrogens is 406 g/mol. The molecule has 1 heterocycles. The van der Waals surface area contributed by atoms with Gasteiger partial charge in [-0.25, -0.2) is 0 Å². The first-order chi connectivity index (χ1) is 15.4. The minimum absolute atomic E-state index is 0.0757. The molecule has 0 unspecified atom stereocenters. The van der Waals surface area contributed by atoms with E-state index in [1.807, 2.05) is 7.05 Å². The highest BCUT2D eigenvalue weighted by Gasteiger charge is 2.38. The Bertz CT molecular complexity index is 736. The number of carbonyl (C=O) groups is 2. The van der Waals surface area contributed by atoms with Gasteiger partial charge in [0.2, 0.25) is 17.7 Å². The van der Waals surface area contributed by atoms with Crippen molar-refractivity contribution >= 4 is 11.8 Å². The van der Waals surface area contributed by atoms with E-state index in [0.717, 1.165) is 51.6 Å². The van der Waals surface area contributed by atoms with Gasteiger partial charge in [0.25, 0.3) is 0 Å². The number of rotatable bonds is 9. The molecule has 32 heavy (non-hydrogen) atoms. The van der Waals surface area contributed by atoms with Crippen molar-refractivity contribution in [1.29, 1.82) is 0 Å². The summed E-state index contributed by atoms with van der Waals surface area (Å²) in [4.78, 5) is 33.3. The van der Waals surface area contributed by atoms with Crippen molar-refractivity contribution in [3.63, 3.8) is 0 Å². The Balaban J connectivity index is 1.49. The van der Waals surface area contributed by atoms with E-state index in [4.69, 9.17) is 4.52 Å². The fraction of sp³-hybridized carbons (Fsp3) is 0.833. The summed E-state index contributed by atoms with van der Waals surface area (Å²) in [5.74, 6) is 1.04. The molecule has 2 aliphatic rings. The van der Waals surface area contributed by atoms with Crippen LogP contribution in [0.15, 0.2) is 4.52 Å². The van der Waals surface area contributed by atoms with Crippen molar-refractivity contribution in [2.75, 3.05) is 27.2 Å². The van der Waals surface area contributed by atoms with E-state index in [9.17, 15) is 9.59 Å². The SMILES string of the molecule is CC(=O)NC1(c2noc(CCC(=O)N(C)CCN(C)C3CCCCC3)n2)CCCCCC1. The normalized spacial score (nSPS) is 19.5. The van der Waals surface area contributed by atoms with E-state index in [0.29, 0.717) is 30.6 Å². The summed E-state index contributed by atoms with van der Waals surface area (Å²) in [6, 6.07) is 0.656. The van der Waals surface area contributed by atoms with Crippen LogP contribution in [0.25, 0.3) is 0 Å². The summed E-state index contributed by atoms with van der Waals surface area (Å²) in [5.41, 5.74) is -0.547. The first kappa shape index (κ1) is 24.7. The molecule has 1 aromatic heterocycles. The monoisotopic (exact) mass is 447 g/mol. The first-order valence-electron chi connectivity index (χ1n) is 12.5. The highest BCUT2D eigenvalue weighted by atomic mass is 16.5. The number of likely N-dealkylation sites (N-methyl/N-ethyl adjacent to an activating group) is 2. The van der Waals surface area contributed by atoms with E-state index in [1.54, 1.807) is 4.90 Å². The fourth-order valence-electron chi connectivity index (χ4n) is 5.17. The molecule has 8 heteroatoms. The lowest BCUT2D eigenvalue weighted by atomic mass is 9.89. The van der Waals surface area contributed by atoms with Gasteiger partial charge in [-0.15, -0.1) is 0 Å². The molecular formula is C24H41N5O3. The highest BCUT2D eigenvalue weighted by molar-refractivity contribution is 5.76. The van der Waals surface area contributed by atoms with Crippen molar-refractivity contribution in [2.45, 2.75) is 102 Å². The molecule has 3 rings (SSSR count). The minimum Gasteiger partial charge on any atom is -0.344 e. The molecule has 0 aliphatic heterocycles. The average Bonchev–Trinajstić information content (AvgIpc) is 3.15. The number of carbonyl (C=O) groups excluding carboxylic acids is 2. The molecule has 0 bridgehead atoms. The van der Waals surface area contributed by atoms with Crippen LogP contribution in [0.1, 0.15) is 95.7 Å². The summed E-state index contributed by atoms with van der Waals surface area (Å²) in [6.07, 6.45) is 13.3. The van der Waals surface area contributed by atoms with E-state index in [-0.39, 0.29) is 11.8 Å². The zero-order valence-electron chi connectivity index (χ0n) is 20.2. The molecule has 180 valence electrons. The van der Waals surface area contributed by atoms with Gasteiger partial charge in [0.1, 0.15) is 5.54 Å². The second-order valence-corrected chi connectivity index (χ2v) is 9.78. The molecule has 0 spiro atoms. The molecule has 2 fully saturated rings. The molecule has 2 amide bonds. The van der Waals surface area contributed by atoms with Gasteiger partial charge in [0, 0.05) is 45.9 Å². The molecule has 0 aromatic carbocycles. The minimum atomic E-state index is -0.547. The van der Waals surface area contributed by atoms with Crippen molar-refractivity contribution in [1.82, 2.24) is 25.3 Å². The first-order valence-corrected chi connectivity index (χ1v) is 12.5. The molecule has 0 radical (unpaired) electrons. The van der Waals surface area contributed by atoms with Crippen LogP contribution in [-0.2, 0) is 21.5 Å². The number of hydrogen-bond acceptors (Lipinski definition) is 6. The lowest BCUT2D eigenvalue weighted by Crippen LogP contribution is -2.45. The van der Waals surface area contributed by atoms with Crippen LogP contribution in [0.4, 0.5) is 0 Å². The standard InChI is InChI=1S/C24H41N5O3/c1-19(30)26-24(15-9-4-5-10-16-24)23-25-21(32-27-23)13-14-22(31)29(3)18-17-28(2)20-11-7-6-8-12-20/h20H,4-18H2,1-3H3,(H,26,30). The Labute approximate surface area is 192 Å². The number of aryl methyl sites for hydroxylation is 1. The van der Waals surface area contributed by atoms with Crippen LogP contribution in [0, 0.1) is 0 Å². The lowest BCUT2D eigenvalue weighted by Gasteiger charge is -2.32. The van der Waals surface area contributed by atoms with Gasteiger partial charge in [0.05, 0.1) is 0 Å². The Morgan fingerprint density at radius 2 is 1.69 bits per heavy atom. The zero-order valence-corrected chi connectivity index (χ0v) is 20.2. The Hall–Kier alpha value is -1.96. The summed E-state index contributed by atoms with van der Waals surface area (Å²) >= 11 is 0. The number of nitrogens with one attached hydrogen (secondary N) is 1. The van der Waals surface area contributed by atoms with Crippen LogP contribution in [-0.4, -0.2) is 65.0 Å². The number of aromatic nitrogens is 2. The van der Waals surface area contributed by atoms with Crippen molar-refractivity contribution in [3.05, 3.63) is 11.7 Å². The van der Waals surface area contributed by atoms with Crippen LogP contribution >= 0.6 is 0 Å². The van der Waals surface area contributed by atoms with Gasteiger partial charge in [-0.05, 0) is 32.7 Å². The molecule has 8 nitrogen and oxygen atoms in total. The maximum atomic E-state index is 12.6. The lowest BCUT2D eigenvalue weighted by molar-refractivity contribution is -0.130. The quantitative estimate of drug-likeness (QED) is 0.583. The van der Waals surface area contributed by atoms with E-state index < -0.39 is 5.54 Å². The van der Waals surface area contributed by atoms with Crippen LogP contribution in [0.2, 0.25) is 0 Å². The fourth-order valence-corrected chi connectivity index (χ4v) is 5.17. The van der Waals surface area contributed by atoms with Gasteiger partial charge in [0.15, 0.2) is 5.82 Å². The van der Waals surface area contributed by atoms with Crippen molar-refractivity contribution in [3.8, 4) is 0 Å². The predicted molar refractivity (Wildman–Crippen MR) is 123 cm³/mol. The highest BCUT2D eigenvalue weighted by Crippen LogP contribution is 2.34. The summed E-state index contributed by atoms with van der Waals surface area (Å²) in [7, 11) is 4.04. The van der Waals surface area contributed by atoms with E-state index >= 15 is 0 Å². The number of amides is 2. The zero-order chi connectivity index (χ0) is 23.0. The molecule has 1 aromatic rings. The third kappa shape index (κ3) is 6.77. The topological polar surface area (TPSA) is 91.6 Å². The Morgan fingerprint density at radius 3 is 2.34 bits per heavy atom. The maximum absolute atomic E-state index is 12.6. The number of nitrogens with zero attached hydrogens (tertiary/aromatic N) is 4.